The van der Waals surface area contributed by atoms with E-state index in [1.807, 2.05) is 12.1 Å². The van der Waals surface area contributed by atoms with E-state index in [0.717, 1.165) is 34.6 Å². The lowest BCUT2D eigenvalue weighted by atomic mass is 9.81. The summed E-state index contributed by atoms with van der Waals surface area (Å²) in [5.74, 6) is -0.728. The van der Waals surface area contributed by atoms with E-state index in [1.54, 1.807) is 6.07 Å². The van der Waals surface area contributed by atoms with Gasteiger partial charge in [0.25, 0.3) is 0 Å². The zero-order chi connectivity index (χ0) is 17.3. The van der Waals surface area contributed by atoms with E-state index in [1.165, 1.54) is 4.90 Å². The monoisotopic (exact) mass is 456 g/mol. The van der Waals surface area contributed by atoms with Gasteiger partial charge >= 0.3 is 0 Å². The molecule has 2 fully saturated rings. The molecule has 2 aliphatic rings. The number of amides is 3. The van der Waals surface area contributed by atoms with Crippen molar-refractivity contribution in [1.82, 2.24) is 4.90 Å². The number of hydrogen-bond acceptors (Lipinski definition) is 3. The van der Waals surface area contributed by atoms with Crippen LogP contribution in [0.3, 0.4) is 0 Å². The van der Waals surface area contributed by atoms with Crippen molar-refractivity contribution >= 4 is 55.3 Å². The number of benzene rings is 1. The number of nitrogens with zero attached hydrogens (tertiary/aromatic N) is 1. The molecule has 5 nitrogen and oxygen atoms in total. The van der Waals surface area contributed by atoms with Crippen LogP contribution in [-0.4, -0.2) is 29.2 Å². The number of halogens is 2. The van der Waals surface area contributed by atoms with Crippen LogP contribution < -0.4 is 5.32 Å². The van der Waals surface area contributed by atoms with E-state index < -0.39 is 0 Å². The van der Waals surface area contributed by atoms with Gasteiger partial charge in [-0.3, -0.25) is 19.3 Å². The van der Waals surface area contributed by atoms with Gasteiger partial charge in [0.1, 0.15) is 0 Å². The first kappa shape index (κ1) is 17.6. The topological polar surface area (TPSA) is 66.5 Å². The van der Waals surface area contributed by atoms with Crippen LogP contribution in [0.25, 0.3) is 0 Å². The van der Waals surface area contributed by atoms with E-state index in [4.69, 9.17) is 0 Å². The number of carbonyl (C=O) groups excluding carboxylic acids is 3. The zero-order valence-electron chi connectivity index (χ0n) is 13.1. The average molecular weight is 458 g/mol. The van der Waals surface area contributed by atoms with Gasteiger partial charge in [0.05, 0.1) is 17.5 Å². The summed E-state index contributed by atoms with van der Waals surface area (Å²) < 4.78 is 1.63. The van der Waals surface area contributed by atoms with E-state index in [9.17, 15) is 14.4 Å². The van der Waals surface area contributed by atoms with Gasteiger partial charge in [-0.25, -0.2) is 0 Å². The Kier molecular flexibility index (Phi) is 5.39. The molecule has 24 heavy (non-hydrogen) atoms. The van der Waals surface area contributed by atoms with Crippen LogP contribution in [0.1, 0.15) is 32.1 Å². The molecule has 1 saturated heterocycles. The third-order valence-electron chi connectivity index (χ3n) is 4.70. The number of likely N-dealkylation sites (tertiary alicyclic amines) is 1. The van der Waals surface area contributed by atoms with Crippen molar-refractivity contribution in [1.29, 1.82) is 0 Å². The van der Waals surface area contributed by atoms with Gasteiger partial charge in [-0.05, 0) is 47.0 Å². The number of anilines is 1. The number of imide groups is 1. The molecule has 0 bridgehead atoms. The molecule has 0 radical (unpaired) electrons. The van der Waals surface area contributed by atoms with E-state index in [2.05, 4.69) is 37.2 Å². The zero-order valence-corrected chi connectivity index (χ0v) is 16.2. The highest BCUT2D eigenvalue weighted by atomic mass is 79.9. The van der Waals surface area contributed by atoms with E-state index in [-0.39, 0.29) is 42.5 Å². The van der Waals surface area contributed by atoms with Crippen LogP contribution in [0, 0.1) is 11.8 Å². The maximum atomic E-state index is 12.4. The number of carbonyl (C=O) groups is 3. The summed E-state index contributed by atoms with van der Waals surface area (Å²) in [6, 6.07) is 5.49. The minimum Gasteiger partial charge on any atom is -0.325 e. The highest BCUT2D eigenvalue weighted by Crippen LogP contribution is 2.38. The molecule has 0 spiro atoms. The second-order valence-electron chi connectivity index (χ2n) is 6.25. The second-order valence-corrected chi connectivity index (χ2v) is 8.02. The Bertz CT molecular complexity index is 668. The molecule has 1 N–H and O–H groups in total. The maximum absolute atomic E-state index is 12.4. The molecule has 1 heterocycles. The molecule has 2 unspecified atom stereocenters. The third kappa shape index (κ3) is 3.57. The maximum Gasteiger partial charge on any atom is 0.233 e. The van der Waals surface area contributed by atoms with Gasteiger partial charge in [-0.15, -0.1) is 0 Å². The molecule has 1 saturated carbocycles. The van der Waals surface area contributed by atoms with Crippen LogP contribution in [-0.2, 0) is 14.4 Å². The van der Waals surface area contributed by atoms with Crippen molar-refractivity contribution in [3.63, 3.8) is 0 Å². The fourth-order valence-electron chi connectivity index (χ4n) is 3.47. The highest BCUT2D eigenvalue weighted by Gasteiger charge is 2.47. The Labute approximate surface area is 157 Å². The Balaban J connectivity index is 1.59. The molecule has 1 aromatic carbocycles. The predicted molar refractivity (Wildman–Crippen MR) is 97.3 cm³/mol. The lowest BCUT2D eigenvalue weighted by Gasteiger charge is -2.19. The Morgan fingerprint density at radius 2 is 1.75 bits per heavy atom. The first-order valence-electron chi connectivity index (χ1n) is 8.07. The first-order valence-corrected chi connectivity index (χ1v) is 9.66. The van der Waals surface area contributed by atoms with Crippen molar-refractivity contribution in [3.05, 3.63) is 27.1 Å². The molecule has 1 aliphatic heterocycles. The number of rotatable bonds is 4. The number of hydrogen-bond donors (Lipinski definition) is 1. The van der Waals surface area contributed by atoms with Gasteiger partial charge in [-0.2, -0.15) is 0 Å². The second kappa shape index (κ2) is 7.35. The summed E-state index contributed by atoms with van der Waals surface area (Å²) in [6.45, 7) is 0.155. The average Bonchev–Trinajstić information content (AvgIpc) is 2.81. The van der Waals surface area contributed by atoms with E-state index >= 15 is 0 Å². The van der Waals surface area contributed by atoms with Gasteiger partial charge in [0.2, 0.25) is 17.7 Å². The normalized spacial score (nSPS) is 23.3. The molecule has 3 amide bonds. The summed E-state index contributed by atoms with van der Waals surface area (Å²) in [6.07, 6.45) is 3.71. The summed E-state index contributed by atoms with van der Waals surface area (Å²) >= 11 is 6.74. The van der Waals surface area contributed by atoms with E-state index in [0.29, 0.717) is 5.69 Å². The molecular weight excluding hydrogens is 440 g/mol. The van der Waals surface area contributed by atoms with Crippen molar-refractivity contribution in [2.45, 2.75) is 32.1 Å². The summed E-state index contributed by atoms with van der Waals surface area (Å²) in [7, 11) is 0. The van der Waals surface area contributed by atoms with Gasteiger partial charge < -0.3 is 5.32 Å². The lowest BCUT2D eigenvalue weighted by Crippen LogP contribution is -2.34. The molecule has 1 aromatic rings. The Morgan fingerprint density at radius 3 is 2.38 bits per heavy atom. The summed E-state index contributed by atoms with van der Waals surface area (Å²) in [5, 5.41) is 2.80. The highest BCUT2D eigenvalue weighted by molar-refractivity contribution is 9.11. The van der Waals surface area contributed by atoms with Crippen LogP contribution in [0.4, 0.5) is 5.69 Å². The van der Waals surface area contributed by atoms with Crippen LogP contribution >= 0.6 is 31.9 Å². The fourth-order valence-corrected chi connectivity index (χ4v) is 4.18. The predicted octanol–water partition coefficient (Wildman–Crippen LogP) is 3.72. The Morgan fingerprint density at radius 1 is 1.12 bits per heavy atom. The molecule has 3 rings (SSSR count). The standard InChI is InChI=1S/C17H18Br2N2O3/c18-10-5-6-13(19)14(9-10)20-15(22)7-8-21-16(23)11-3-1-2-4-12(11)17(21)24/h5-6,9,11-12H,1-4,7-8H2,(H,20,22). The van der Waals surface area contributed by atoms with Crippen molar-refractivity contribution < 1.29 is 14.4 Å². The molecule has 128 valence electrons. The van der Waals surface area contributed by atoms with Crippen LogP contribution in [0.2, 0.25) is 0 Å². The smallest absolute Gasteiger partial charge is 0.233 e. The molecule has 1 aliphatic carbocycles. The minimum atomic E-state index is -0.218. The molecule has 2 atom stereocenters. The van der Waals surface area contributed by atoms with Crippen LogP contribution in [0.15, 0.2) is 27.1 Å². The third-order valence-corrected chi connectivity index (χ3v) is 5.88. The SMILES string of the molecule is O=C(CCN1C(=O)C2CCCCC2C1=O)Nc1cc(Br)ccc1Br. The first-order chi connectivity index (χ1) is 11.5. The van der Waals surface area contributed by atoms with Crippen LogP contribution in [0.5, 0.6) is 0 Å². The number of nitrogens with one attached hydrogen (secondary N) is 1. The number of fused-ring (bicyclic) bond motifs is 1. The van der Waals surface area contributed by atoms with Crippen molar-refractivity contribution in [3.8, 4) is 0 Å². The Hall–Kier alpha value is -1.21. The lowest BCUT2D eigenvalue weighted by molar-refractivity contribution is -0.140. The largest absolute Gasteiger partial charge is 0.325 e. The fraction of sp³-hybridized carbons (Fsp3) is 0.471. The summed E-state index contributed by atoms with van der Waals surface area (Å²) in [5.41, 5.74) is 0.655. The molecule has 7 heteroatoms. The minimum absolute atomic E-state index is 0.0962. The summed E-state index contributed by atoms with van der Waals surface area (Å²) in [4.78, 5) is 38.2. The van der Waals surface area contributed by atoms with Gasteiger partial charge in [0.15, 0.2) is 0 Å². The molecule has 0 aromatic heterocycles. The van der Waals surface area contributed by atoms with Gasteiger partial charge in [-0.1, -0.05) is 28.8 Å². The molecular formula is C17H18Br2N2O3. The van der Waals surface area contributed by atoms with Gasteiger partial charge in [0, 0.05) is 21.9 Å². The quantitative estimate of drug-likeness (QED) is 0.700. The van der Waals surface area contributed by atoms with Crippen molar-refractivity contribution in [2.75, 3.05) is 11.9 Å². The van der Waals surface area contributed by atoms with Crippen molar-refractivity contribution in [2.24, 2.45) is 11.8 Å².